The number of aromatic nitrogens is 1. The van der Waals surface area contributed by atoms with E-state index in [0.29, 0.717) is 28.2 Å². The van der Waals surface area contributed by atoms with Gasteiger partial charge in [0.25, 0.3) is 5.91 Å². The molecule has 0 aliphatic rings. The summed E-state index contributed by atoms with van der Waals surface area (Å²) in [4.78, 5) is 28.7. The van der Waals surface area contributed by atoms with Crippen molar-refractivity contribution in [3.8, 4) is 11.1 Å². The van der Waals surface area contributed by atoms with Crippen LogP contribution in [0.15, 0.2) is 91.0 Å². The van der Waals surface area contributed by atoms with Crippen LogP contribution in [0.25, 0.3) is 11.1 Å². The molecule has 4 rings (SSSR count). The number of hydrogen-bond acceptors (Lipinski definition) is 3. The number of rotatable bonds is 8. The lowest BCUT2D eigenvalue weighted by atomic mass is 9.98. The van der Waals surface area contributed by atoms with Crippen LogP contribution in [0.3, 0.4) is 0 Å². The monoisotopic (exact) mass is 517 g/mol. The molecule has 1 heterocycles. The SMILES string of the molecule is CC(=O)Nc1cccc(CCCc2ccc(NC(=O)c3ccccc3-c3ccc(C(F)(F)F)cc3)cc2)n1. The molecule has 0 aliphatic carbocycles. The molecule has 0 spiro atoms. The highest BCUT2D eigenvalue weighted by Crippen LogP contribution is 2.32. The largest absolute Gasteiger partial charge is 0.416 e. The van der Waals surface area contributed by atoms with Crippen LogP contribution in [0.1, 0.15) is 40.5 Å². The number of aryl methyl sites for hydroxylation is 2. The van der Waals surface area contributed by atoms with Gasteiger partial charge in [0, 0.05) is 23.9 Å². The van der Waals surface area contributed by atoms with Gasteiger partial charge >= 0.3 is 6.18 Å². The molecule has 194 valence electrons. The summed E-state index contributed by atoms with van der Waals surface area (Å²) in [6.45, 7) is 1.44. The molecule has 3 aromatic carbocycles. The first kappa shape index (κ1) is 26.6. The maximum atomic E-state index is 13.0. The Morgan fingerprint density at radius 3 is 2.18 bits per heavy atom. The first-order chi connectivity index (χ1) is 18.2. The van der Waals surface area contributed by atoms with E-state index >= 15 is 0 Å². The van der Waals surface area contributed by atoms with E-state index in [4.69, 9.17) is 0 Å². The molecule has 1 aromatic heterocycles. The molecule has 4 aromatic rings. The smallest absolute Gasteiger partial charge is 0.322 e. The number of nitrogens with one attached hydrogen (secondary N) is 2. The molecule has 2 N–H and O–H groups in total. The van der Waals surface area contributed by atoms with Crippen molar-refractivity contribution in [3.63, 3.8) is 0 Å². The summed E-state index contributed by atoms with van der Waals surface area (Å²) in [6, 6.07) is 24.6. The van der Waals surface area contributed by atoms with Crippen LogP contribution < -0.4 is 10.6 Å². The van der Waals surface area contributed by atoms with E-state index < -0.39 is 11.7 Å². The third kappa shape index (κ3) is 7.06. The minimum absolute atomic E-state index is 0.162. The minimum atomic E-state index is -4.42. The number of amides is 2. The van der Waals surface area contributed by atoms with E-state index in [1.165, 1.54) is 19.1 Å². The Morgan fingerprint density at radius 2 is 1.50 bits per heavy atom. The van der Waals surface area contributed by atoms with Gasteiger partial charge < -0.3 is 10.6 Å². The van der Waals surface area contributed by atoms with E-state index in [2.05, 4.69) is 15.6 Å². The van der Waals surface area contributed by atoms with Crippen molar-refractivity contribution in [2.75, 3.05) is 10.6 Å². The minimum Gasteiger partial charge on any atom is -0.322 e. The summed E-state index contributed by atoms with van der Waals surface area (Å²) < 4.78 is 38.8. The number of halogens is 3. The Kier molecular flexibility index (Phi) is 8.21. The fourth-order valence-corrected chi connectivity index (χ4v) is 4.07. The Balaban J connectivity index is 1.36. The van der Waals surface area contributed by atoms with Crippen LogP contribution in [-0.4, -0.2) is 16.8 Å². The van der Waals surface area contributed by atoms with Gasteiger partial charge in [-0.25, -0.2) is 4.98 Å². The molecular weight excluding hydrogens is 491 g/mol. The van der Waals surface area contributed by atoms with E-state index in [0.717, 1.165) is 42.7 Å². The molecule has 0 saturated heterocycles. The number of anilines is 2. The van der Waals surface area contributed by atoms with Crippen LogP contribution in [0, 0.1) is 0 Å². The zero-order valence-corrected chi connectivity index (χ0v) is 20.7. The van der Waals surface area contributed by atoms with Gasteiger partial charge in [0.15, 0.2) is 0 Å². The standard InChI is InChI=1S/C30H26F3N3O2/c1-20(37)34-28-11-5-8-24(35-28)7-4-6-21-12-18-25(19-13-21)36-29(38)27-10-3-2-9-26(27)22-14-16-23(17-15-22)30(31,32)33/h2-3,5,8-19H,4,6-7H2,1H3,(H,36,38)(H,34,35,37). The van der Waals surface area contributed by atoms with Crippen LogP contribution in [0.5, 0.6) is 0 Å². The maximum Gasteiger partial charge on any atom is 0.416 e. The number of carbonyl (C=O) groups excluding carboxylic acids is 2. The Bertz CT molecular complexity index is 1420. The van der Waals surface area contributed by atoms with Gasteiger partial charge in [-0.3, -0.25) is 9.59 Å². The van der Waals surface area contributed by atoms with Gasteiger partial charge in [-0.15, -0.1) is 0 Å². The predicted octanol–water partition coefficient (Wildman–Crippen LogP) is 7.15. The summed E-state index contributed by atoms with van der Waals surface area (Å²) >= 11 is 0. The van der Waals surface area contributed by atoms with Crippen LogP contribution in [-0.2, 0) is 23.8 Å². The van der Waals surface area contributed by atoms with Gasteiger partial charge in [0.05, 0.1) is 5.56 Å². The van der Waals surface area contributed by atoms with Crippen molar-refractivity contribution < 1.29 is 22.8 Å². The highest BCUT2D eigenvalue weighted by molar-refractivity contribution is 6.08. The van der Waals surface area contributed by atoms with Crippen molar-refractivity contribution in [2.24, 2.45) is 0 Å². The Morgan fingerprint density at radius 1 is 0.789 bits per heavy atom. The third-order valence-electron chi connectivity index (χ3n) is 5.92. The molecule has 0 fully saturated rings. The molecular formula is C30H26F3N3O2. The summed E-state index contributed by atoms with van der Waals surface area (Å²) in [5.41, 5.74) is 3.31. The molecule has 8 heteroatoms. The van der Waals surface area contributed by atoms with Crippen molar-refractivity contribution in [3.05, 3.63) is 113 Å². The van der Waals surface area contributed by atoms with Crippen LogP contribution >= 0.6 is 0 Å². The zero-order chi connectivity index (χ0) is 27.1. The number of nitrogens with zero attached hydrogens (tertiary/aromatic N) is 1. The second-order valence-electron chi connectivity index (χ2n) is 8.82. The number of carbonyl (C=O) groups is 2. The van der Waals surface area contributed by atoms with Gasteiger partial charge in [-0.1, -0.05) is 48.5 Å². The first-order valence-electron chi connectivity index (χ1n) is 12.1. The highest BCUT2D eigenvalue weighted by atomic mass is 19.4. The van der Waals surface area contributed by atoms with E-state index in [-0.39, 0.29) is 11.8 Å². The zero-order valence-electron chi connectivity index (χ0n) is 20.7. The average molecular weight is 518 g/mol. The molecule has 38 heavy (non-hydrogen) atoms. The van der Waals surface area contributed by atoms with Crippen LogP contribution in [0.4, 0.5) is 24.7 Å². The fraction of sp³-hybridized carbons (Fsp3) is 0.167. The number of pyridine rings is 1. The first-order valence-corrected chi connectivity index (χ1v) is 12.1. The van der Waals surface area contributed by atoms with E-state index in [1.807, 2.05) is 36.4 Å². The third-order valence-corrected chi connectivity index (χ3v) is 5.92. The molecule has 0 aliphatic heterocycles. The fourth-order valence-electron chi connectivity index (χ4n) is 4.07. The molecule has 0 saturated carbocycles. The summed E-state index contributed by atoms with van der Waals surface area (Å²) in [7, 11) is 0. The normalized spacial score (nSPS) is 11.2. The van der Waals surface area contributed by atoms with Crippen LogP contribution in [0.2, 0.25) is 0 Å². The number of hydrogen-bond donors (Lipinski definition) is 2. The van der Waals surface area contributed by atoms with E-state index in [1.54, 1.807) is 30.3 Å². The predicted molar refractivity (Wildman–Crippen MR) is 142 cm³/mol. The van der Waals surface area contributed by atoms with E-state index in [9.17, 15) is 22.8 Å². The second-order valence-corrected chi connectivity index (χ2v) is 8.82. The molecule has 0 bridgehead atoms. The lowest BCUT2D eigenvalue weighted by molar-refractivity contribution is -0.137. The lowest BCUT2D eigenvalue weighted by Crippen LogP contribution is -2.13. The van der Waals surface area contributed by atoms with Gasteiger partial charge in [0.1, 0.15) is 5.82 Å². The average Bonchev–Trinajstić information content (AvgIpc) is 2.89. The maximum absolute atomic E-state index is 13.0. The summed E-state index contributed by atoms with van der Waals surface area (Å²) in [5.74, 6) is 0.0262. The van der Waals surface area contributed by atoms with Crippen molar-refractivity contribution in [1.29, 1.82) is 0 Å². The molecule has 2 amide bonds. The second kappa shape index (κ2) is 11.7. The topological polar surface area (TPSA) is 71.1 Å². The molecule has 5 nitrogen and oxygen atoms in total. The van der Waals surface area contributed by atoms with Crippen molar-refractivity contribution in [1.82, 2.24) is 4.98 Å². The number of benzene rings is 3. The summed E-state index contributed by atoms with van der Waals surface area (Å²) in [6.07, 6.45) is -1.98. The van der Waals surface area contributed by atoms with Crippen molar-refractivity contribution >= 4 is 23.3 Å². The lowest BCUT2D eigenvalue weighted by Gasteiger charge is -2.12. The van der Waals surface area contributed by atoms with Gasteiger partial charge in [0.2, 0.25) is 5.91 Å². The number of alkyl halides is 3. The molecule has 0 atom stereocenters. The Labute approximate surface area is 218 Å². The quantitative estimate of drug-likeness (QED) is 0.261. The summed E-state index contributed by atoms with van der Waals surface area (Å²) in [5, 5.41) is 5.55. The van der Waals surface area contributed by atoms with Gasteiger partial charge in [-0.2, -0.15) is 13.2 Å². The Hall–Kier alpha value is -4.46. The molecule has 0 radical (unpaired) electrons. The highest BCUT2D eigenvalue weighted by Gasteiger charge is 2.30. The van der Waals surface area contributed by atoms with Crippen molar-refractivity contribution in [2.45, 2.75) is 32.4 Å². The molecule has 0 unspecified atom stereocenters. The van der Waals surface area contributed by atoms with Gasteiger partial charge in [-0.05, 0) is 78.4 Å².